The van der Waals surface area contributed by atoms with E-state index >= 15 is 0 Å². The quantitative estimate of drug-likeness (QED) is 0.741. The average Bonchev–Trinajstić information content (AvgIpc) is 3.01. The second-order valence-corrected chi connectivity index (χ2v) is 5.21. The third-order valence-electron chi connectivity index (χ3n) is 3.47. The lowest BCUT2D eigenvalue weighted by Crippen LogP contribution is -2.18. The number of anilines is 1. The smallest absolute Gasteiger partial charge is 0.290 e. The Hall–Kier alpha value is -2.77. The molecule has 23 heavy (non-hydrogen) atoms. The molecule has 1 amide bonds. The predicted molar refractivity (Wildman–Crippen MR) is 79.3 cm³/mol. The standard InChI is InChI=1S/C15H13F3N4O/c1-9-3-4-11-10(7-9)5-6-22(11)14(23)19-13-8-12(15(16,17)18)21(2)20-13/h3-8H,1-2H3,(H,19,20,23). The largest absolute Gasteiger partial charge is 0.433 e. The Morgan fingerprint density at radius 1 is 1.22 bits per heavy atom. The van der Waals surface area contributed by atoms with E-state index in [0.717, 1.165) is 17.0 Å². The molecule has 0 unspecified atom stereocenters. The molecule has 5 nitrogen and oxygen atoms in total. The molecular weight excluding hydrogens is 309 g/mol. The number of benzene rings is 1. The van der Waals surface area contributed by atoms with E-state index in [1.165, 1.54) is 11.6 Å². The van der Waals surface area contributed by atoms with Gasteiger partial charge in [-0.1, -0.05) is 11.6 Å². The van der Waals surface area contributed by atoms with Crippen LogP contribution < -0.4 is 5.32 Å². The lowest BCUT2D eigenvalue weighted by atomic mass is 10.2. The molecule has 0 fully saturated rings. The molecule has 2 aromatic heterocycles. The first-order valence-electron chi connectivity index (χ1n) is 6.76. The number of hydrogen-bond donors (Lipinski definition) is 1. The van der Waals surface area contributed by atoms with Gasteiger partial charge in [0, 0.05) is 24.7 Å². The third kappa shape index (κ3) is 2.79. The minimum absolute atomic E-state index is 0.154. The molecule has 3 aromatic rings. The van der Waals surface area contributed by atoms with E-state index in [2.05, 4.69) is 10.4 Å². The Morgan fingerprint density at radius 2 is 1.96 bits per heavy atom. The van der Waals surface area contributed by atoms with Gasteiger partial charge >= 0.3 is 12.2 Å². The maximum Gasteiger partial charge on any atom is 0.433 e. The number of rotatable bonds is 1. The summed E-state index contributed by atoms with van der Waals surface area (Å²) in [6.45, 7) is 1.93. The Kier molecular flexibility index (Phi) is 3.39. The molecule has 3 rings (SSSR count). The van der Waals surface area contributed by atoms with E-state index in [4.69, 9.17) is 0 Å². The second kappa shape index (κ2) is 5.15. The van der Waals surface area contributed by atoms with E-state index in [-0.39, 0.29) is 5.82 Å². The zero-order valence-electron chi connectivity index (χ0n) is 12.3. The van der Waals surface area contributed by atoms with Crippen molar-refractivity contribution in [1.29, 1.82) is 0 Å². The number of nitrogens with zero attached hydrogens (tertiary/aromatic N) is 3. The highest BCUT2D eigenvalue weighted by atomic mass is 19.4. The molecule has 0 saturated heterocycles. The number of carbonyl (C=O) groups is 1. The monoisotopic (exact) mass is 322 g/mol. The first kappa shape index (κ1) is 15.1. The Labute approximate surface area is 129 Å². The molecule has 0 saturated carbocycles. The van der Waals surface area contributed by atoms with Gasteiger partial charge in [0.15, 0.2) is 5.82 Å². The molecule has 2 heterocycles. The minimum Gasteiger partial charge on any atom is -0.290 e. The van der Waals surface area contributed by atoms with Gasteiger partial charge in [0.05, 0.1) is 5.52 Å². The number of fused-ring (bicyclic) bond motifs is 1. The van der Waals surface area contributed by atoms with Crippen LogP contribution in [0.25, 0.3) is 10.9 Å². The highest BCUT2D eigenvalue weighted by Gasteiger charge is 2.35. The zero-order valence-corrected chi connectivity index (χ0v) is 12.3. The fourth-order valence-electron chi connectivity index (χ4n) is 2.40. The summed E-state index contributed by atoms with van der Waals surface area (Å²) in [6.07, 6.45) is -2.96. The summed E-state index contributed by atoms with van der Waals surface area (Å²) < 4.78 is 40.2. The topological polar surface area (TPSA) is 51.9 Å². The van der Waals surface area contributed by atoms with Gasteiger partial charge in [-0.05, 0) is 25.1 Å². The lowest BCUT2D eigenvalue weighted by molar-refractivity contribution is -0.143. The van der Waals surface area contributed by atoms with Crippen molar-refractivity contribution < 1.29 is 18.0 Å². The first-order valence-corrected chi connectivity index (χ1v) is 6.76. The van der Waals surface area contributed by atoms with Crippen molar-refractivity contribution in [3.63, 3.8) is 0 Å². The summed E-state index contributed by atoms with van der Waals surface area (Å²) in [5.41, 5.74) is 0.788. The maximum absolute atomic E-state index is 12.7. The van der Waals surface area contributed by atoms with Crippen molar-refractivity contribution in [2.75, 3.05) is 5.32 Å². The number of aromatic nitrogens is 3. The van der Waals surface area contributed by atoms with Gasteiger partial charge in [-0.3, -0.25) is 14.6 Å². The highest BCUT2D eigenvalue weighted by molar-refractivity contribution is 5.98. The van der Waals surface area contributed by atoms with Crippen molar-refractivity contribution in [2.24, 2.45) is 7.05 Å². The van der Waals surface area contributed by atoms with Crippen LogP contribution in [0.1, 0.15) is 11.3 Å². The van der Waals surface area contributed by atoms with E-state index in [1.807, 2.05) is 19.1 Å². The van der Waals surface area contributed by atoms with Crippen LogP contribution in [0.3, 0.4) is 0 Å². The lowest BCUT2D eigenvalue weighted by Gasteiger charge is -2.05. The van der Waals surface area contributed by atoms with Crippen LogP contribution in [-0.2, 0) is 13.2 Å². The number of alkyl halides is 3. The molecule has 0 atom stereocenters. The molecule has 0 aliphatic rings. The van der Waals surface area contributed by atoms with Crippen molar-refractivity contribution >= 4 is 22.8 Å². The highest BCUT2D eigenvalue weighted by Crippen LogP contribution is 2.30. The van der Waals surface area contributed by atoms with E-state index in [1.54, 1.807) is 18.3 Å². The number of nitrogens with one attached hydrogen (secondary N) is 1. The molecule has 0 radical (unpaired) electrons. The van der Waals surface area contributed by atoms with Gasteiger partial charge in [0.1, 0.15) is 5.69 Å². The fourth-order valence-corrected chi connectivity index (χ4v) is 2.40. The van der Waals surface area contributed by atoms with Crippen molar-refractivity contribution in [1.82, 2.24) is 14.3 Å². The molecule has 0 bridgehead atoms. The number of amides is 1. The Balaban J connectivity index is 1.89. The normalized spacial score (nSPS) is 11.9. The second-order valence-electron chi connectivity index (χ2n) is 5.21. The number of carbonyl (C=O) groups excluding carboxylic acids is 1. The van der Waals surface area contributed by atoms with Gasteiger partial charge in [-0.15, -0.1) is 0 Å². The molecule has 8 heteroatoms. The molecule has 0 spiro atoms. The third-order valence-corrected chi connectivity index (χ3v) is 3.47. The zero-order chi connectivity index (χ0) is 16.8. The number of aryl methyl sites for hydroxylation is 2. The molecule has 0 aliphatic carbocycles. The van der Waals surface area contributed by atoms with Crippen LogP contribution in [-0.4, -0.2) is 20.4 Å². The van der Waals surface area contributed by atoms with Gasteiger partial charge in [-0.2, -0.15) is 18.3 Å². The molecular formula is C15H13F3N4O. The van der Waals surface area contributed by atoms with Crippen molar-refractivity contribution in [3.8, 4) is 0 Å². The van der Waals surface area contributed by atoms with E-state index in [9.17, 15) is 18.0 Å². The van der Waals surface area contributed by atoms with Crippen LogP contribution in [0.2, 0.25) is 0 Å². The van der Waals surface area contributed by atoms with Crippen LogP contribution in [0.4, 0.5) is 23.8 Å². The summed E-state index contributed by atoms with van der Waals surface area (Å²) in [6, 6.07) is 7.55. The number of halogens is 3. The van der Waals surface area contributed by atoms with Crippen LogP contribution in [0.15, 0.2) is 36.5 Å². The predicted octanol–water partition coefficient (Wildman–Crippen LogP) is 3.78. The van der Waals surface area contributed by atoms with Crippen LogP contribution in [0, 0.1) is 6.92 Å². The summed E-state index contributed by atoms with van der Waals surface area (Å²) in [5, 5.41) is 6.92. The van der Waals surface area contributed by atoms with Gasteiger partial charge in [-0.25, -0.2) is 4.79 Å². The first-order chi connectivity index (χ1) is 10.8. The molecule has 120 valence electrons. The summed E-state index contributed by atoms with van der Waals surface area (Å²) in [4.78, 5) is 12.3. The number of hydrogen-bond acceptors (Lipinski definition) is 2. The minimum atomic E-state index is -4.53. The maximum atomic E-state index is 12.7. The average molecular weight is 322 g/mol. The van der Waals surface area contributed by atoms with Gasteiger partial charge < -0.3 is 0 Å². The van der Waals surface area contributed by atoms with Gasteiger partial charge in [0.2, 0.25) is 0 Å². The van der Waals surface area contributed by atoms with E-state index in [0.29, 0.717) is 10.2 Å². The van der Waals surface area contributed by atoms with Crippen LogP contribution >= 0.6 is 0 Å². The van der Waals surface area contributed by atoms with Crippen LogP contribution in [0.5, 0.6) is 0 Å². The molecule has 0 aliphatic heterocycles. The van der Waals surface area contributed by atoms with Crippen molar-refractivity contribution in [3.05, 3.63) is 47.8 Å². The summed E-state index contributed by atoms with van der Waals surface area (Å²) in [5.74, 6) is -0.154. The molecule has 1 aromatic carbocycles. The SMILES string of the molecule is Cc1ccc2c(ccn2C(=O)Nc2cc(C(F)(F)F)n(C)n2)c1. The van der Waals surface area contributed by atoms with E-state index < -0.39 is 17.9 Å². The Bertz CT molecular complexity index is 892. The summed E-state index contributed by atoms with van der Waals surface area (Å²) in [7, 11) is 1.17. The fraction of sp³-hybridized carbons (Fsp3) is 0.200. The van der Waals surface area contributed by atoms with Gasteiger partial charge in [0.25, 0.3) is 0 Å². The summed E-state index contributed by atoms with van der Waals surface area (Å²) >= 11 is 0. The Morgan fingerprint density at radius 3 is 2.61 bits per heavy atom. The molecule has 1 N–H and O–H groups in total. The van der Waals surface area contributed by atoms with Crippen molar-refractivity contribution in [2.45, 2.75) is 13.1 Å².